The Morgan fingerprint density at radius 1 is 1.69 bits per heavy atom. The summed E-state index contributed by atoms with van der Waals surface area (Å²) in [7, 11) is 0. The first kappa shape index (κ1) is 9.73. The second-order valence-corrected chi connectivity index (χ2v) is 3.12. The lowest BCUT2D eigenvalue weighted by molar-refractivity contribution is 0.820. The summed E-state index contributed by atoms with van der Waals surface area (Å²) < 4.78 is 0. The zero-order valence-corrected chi connectivity index (χ0v) is 8.13. The Morgan fingerprint density at radius 2 is 2.38 bits per heavy atom. The lowest BCUT2D eigenvalue weighted by atomic mass is 10.2. The van der Waals surface area contributed by atoms with Gasteiger partial charge in [-0.25, -0.2) is 5.84 Å². The van der Waals surface area contributed by atoms with Crippen molar-refractivity contribution in [2.75, 3.05) is 0 Å². The molecule has 0 bridgehead atoms. The number of aliphatic imine (C=N–C) groups is 1. The van der Waals surface area contributed by atoms with Crippen molar-refractivity contribution < 1.29 is 0 Å². The van der Waals surface area contributed by atoms with Crippen molar-refractivity contribution in [3.05, 3.63) is 17.5 Å². The van der Waals surface area contributed by atoms with Crippen molar-refractivity contribution in [3.63, 3.8) is 0 Å². The molecule has 0 aromatic carbocycles. The van der Waals surface area contributed by atoms with Crippen LogP contribution in [0.15, 0.2) is 11.2 Å². The van der Waals surface area contributed by atoms with Crippen LogP contribution < -0.4 is 11.3 Å². The minimum atomic E-state index is 0.209. The van der Waals surface area contributed by atoms with E-state index in [9.17, 15) is 0 Å². The molecule has 5 heteroatoms. The molecule has 1 heterocycles. The molecule has 0 amide bonds. The maximum atomic E-state index is 5.36. The van der Waals surface area contributed by atoms with Gasteiger partial charge in [0.1, 0.15) is 5.84 Å². The van der Waals surface area contributed by atoms with E-state index in [0.29, 0.717) is 5.84 Å². The smallest absolute Gasteiger partial charge is 0.146 e. The van der Waals surface area contributed by atoms with Gasteiger partial charge in [0, 0.05) is 11.7 Å². The minimum absolute atomic E-state index is 0.209. The zero-order valence-electron chi connectivity index (χ0n) is 8.13. The first-order chi connectivity index (χ1) is 6.15. The summed E-state index contributed by atoms with van der Waals surface area (Å²) in [5, 5.41) is 6.73. The summed E-state index contributed by atoms with van der Waals surface area (Å²) >= 11 is 0. The minimum Gasteiger partial charge on any atom is -0.308 e. The summed E-state index contributed by atoms with van der Waals surface area (Å²) in [6, 6.07) is 0.209. The van der Waals surface area contributed by atoms with E-state index in [-0.39, 0.29) is 6.04 Å². The molecule has 4 N–H and O–H groups in total. The Morgan fingerprint density at radius 3 is 2.77 bits per heavy atom. The highest BCUT2D eigenvalue weighted by Gasteiger charge is 2.07. The van der Waals surface area contributed by atoms with E-state index < -0.39 is 0 Å². The second kappa shape index (κ2) is 4.04. The van der Waals surface area contributed by atoms with E-state index in [1.165, 1.54) is 0 Å². The standard InChI is InChI=1S/C8H15N5/c1-5(2)11-8(12-9)7-4-10-13-6(7)3/h4-5H,9H2,1-3H3,(H,10,13)(H,11,12). The van der Waals surface area contributed by atoms with Gasteiger partial charge < -0.3 is 5.43 Å². The molecule has 0 aliphatic heterocycles. The number of hydrazine groups is 1. The van der Waals surface area contributed by atoms with Gasteiger partial charge in [0.25, 0.3) is 0 Å². The fraction of sp³-hybridized carbons (Fsp3) is 0.500. The van der Waals surface area contributed by atoms with Gasteiger partial charge in [0.05, 0.1) is 11.8 Å². The SMILES string of the molecule is Cc1[nH]ncc1C(=NC(C)C)NN. The highest BCUT2D eigenvalue weighted by atomic mass is 15.3. The van der Waals surface area contributed by atoms with Crippen LogP contribution in [0, 0.1) is 6.92 Å². The number of aromatic amines is 1. The Balaban J connectivity index is 2.97. The van der Waals surface area contributed by atoms with Crippen LogP contribution >= 0.6 is 0 Å². The number of H-pyrrole nitrogens is 1. The molecule has 1 aromatic heterocycles. The second-order valence-electron chi connectivity index (χ2n) is 3.12. The van der Waals surface area contributed by atoms with Gasteiger partial charge in [0.2, 0.25) is 0 Å². The molecular formula is C8H15N5. The van der Waals surface area contributed by atoms with Gasteiger partial charge in [-0.15, -0.1) is 0 Å². The Labute approximate surface area is 77.4 Å². The van der Waals surface area contributed by atoms with E-state index in [0.717, 1.165) is 11.3 Å². The molecule has 0 unspecified atom stereocenters. The average molecular weight is 181 g/mol. The van der Waals surface area contributed by atoms with Crippen molar-refractivity contribution in [1.82, 2.24) is 15.6 Å². The number of aromatic nitrogens is 2. The summed E-state index contributed by atoms with van der Waals surface area (Å²) in [4.78, 5) is 4.32. The van der Waals surface area contributed by atoms with E-state index in [1.807, 2.05) is 20.8 Å². The van der Waals surface area contributed by atoms with Gasteiger partial charge in [-0.2, -0.15) is 5.10 Å². The van der Waals surface area contributed by atoms with Crippen LogP contribution in [-0.4, -0.2) is 22.1 Å². The molecule has 0 saturated carbocycles. The van der Waals surface area contributed by atoms with E-state index in [1.54, 1.807) is 6.20 Å². The third-order valence-corrected chi connectivity index (χ3v) is 1.61. The van der Waals surface area contributed by atoms with Crippen LogP contribution in [-0.2, 0) is 0 Å². The molecule has 0 aliphatic carbocycles. The molecule has 0 fully saturated rings. The number of hydrogen-bond acceptors (Lipinski definition) is 3. The lowest BCUT2D eigenvalue weighted by Gasteiger charge is -2.05. The first-order valence-corrected chi connectivity index (χ1v) is 4.20. The predicted molar refractivity (Wildman–Crippen MR) is 52.3 cm³/mol. The van der Waals surface area contributed by atoms with Crippen molar-refractivity contribution in [1.29, 1.82) is 0 Å². The molecule has 0 atom stereocenters. The molecule has 1 rings (SSSR count). The lowest BCUT2D eigenvalue weighted by Crippen LogP contribution is -2.32. The quantitative estimate of drug-likeness (QED) is 0.266. The molecule has 72 valence electrons. The maximum absolute atomic E-state index is 5.36. The number of amidine groups is 1. The third-order valence-electron chi connectivity index (χ3n) is 1.61. The topological polar surface area (TPSA) is 79.1 Å². The number of nitrogens with two attached hydrogens (primary N) is 1. The van der Waals surface area contributed by atoms with Crippen LogP contribution in [0.25, 0.3) is 0 Å². The number of nitrogens with one attached hydrogen (secondary N) is 2. The Hall–Kier alpha value is -1.36. The van der Waals surface area contributed by atoms with Crippen molar-refractivity contribution in [2.24, 2.45) is 10.8 Å². The van der Waals surface area contributed by atoms with Gasteiger partial charge in [-0.1, -0.05) is 0 Å². The van der Waals surface area contributed by atoms with Crippen LogP contribution in [0.1, 0.15) is 25.1 Å². The van der Waals surface area contributed by atoms with Crippen LogP contribution in [0.2, 0.25) is 0 Å². The Bertz CT molecular complexity index is 299. The summed E-state index contributed by atoms with van der Waals surface area (Å²) in [5.74, 6) is 6.03. The summed E-state index contributed by atoms with van der Waals surface area (Å²) in [6.45, 7) is 5.91. The van der Waals surface area contributed by atoms with Crippen LogP contribution in [0.4, 0.5) is 0 Å². The maximum Gasteiger partial charge on any atom is 0.146 e. The summed E-state index contributed by atoms with van der Waals surface area (Å²) in [5.41, 5.74) is 4.44. The molecule has 13 heavy (non-hydrogen) atoms. The number of hydrogen-bond donors (Lipinski definition) is 3. The number of nitrogens with zero attached hydrogens (tertiary/aromatic N) is 2. The normalized spacial score (nSPS) is 12.2. The van der Waals surface area contributed by atoms with Crippen molar-refractivity contribution in [2.45, 2.75) is 26.8 Å². The van der Waals surface area contributed by atoms with E-state index >= 15 is 0 Å². The van der Waals surface area contributed by atoms with Crippen LogP contribution in [0.5, 0.6) is 0 Å². The monoisotopic (exact) mass is 181 g/mol. The first-order valence-electron chi connectivity index (χ1n) is 4.20. The number of aryl methyl sites for hydroxylation is 1. The molecule has 0 radical (unpaired) electrons. The van der Waals surface area contributed by atoms with Gasteiger partial charge in [-0.05, 0) is 20.8 Å². The molecule has 0 spiro atoms. The van der Waals surface area contributed by atoms with Gasteiger partial charge in [0.15, 0.2) is 0 Å². The molecule has 0 aliphatic rings. The van der Waals surface area contributed by atoms with E-state index in [2.05, 4.69) is 20.6 Å². The Kier molecular flexibility index (Phi) is 3.02. The van der Waals surface area contributed by atoms with Gasteiger partial charge in [-0.3, -0.25) is 10.1 Å². The molecule has 0 saturated heterocycles. The fourth-order valence-corrected chi connectivity index (χ4v) is 1.03. The van der Waals surface area contributed by atoms with E-state index in [4.69, 9.17) is 5.84 Å². The predicted octanol–water partition coefficient (Wildman–Crippen LogP) is 0.336. The largest absolute Gasteiger partial charge is 0.308 e. The number of rotatable bonds is 2. The third kappa shape index (κ3) is 2.29. The zero-order chi connectivity index (χ0) is 9.84. The highest BCUT2D eigenvalue weighted by molar-refractivity contribution is 5.99. The average Bonchev–Trinajstić information content (AvgIpc) is 2.47. The summed E-state index contributed by atoms with van der Waals surface area (Å²) in [6.07, 6.45) is 1.70. The van der Waals surface area contributed by atoms with Crippen molar-refractivity contribution >= 4 is 5.84 Å². The highest BCUT2D eigenvalue weighted by Crippen LogP contribution is 2.03. The van der Waals surface area contributed by atoms with Gasteiger partial charge >= 0.3 is 0 Å². The molecular weight excluding hydrogens is 166 g/mol. The van der Waals surface area contributed by atoms with Crippen LogP contribution in [0.3, 0.4) is 0 Å². The molecule has 5 nitrogen and oxygen atoms in total. The fourth-order valence-electron chi connectivity index (χ4n) is 1.03. The molecule has 1 aromatic rings. The van der Waals surface area contributed by atoms with Crippen molar-refractivity contribution in [3.8, 4) is 0 Å².